The van der Waals surface area contributed by atoms with Crippen molar-refractivity contribution in [2.45, 2.75) is 18.3 Å². The van der Waals surface area contributed by atoms with E-state index in [0.717, 1.165) is 22.3 Å². The molecule has 3 aliphatic carbocycles. The third-order valence-electron chi connectivity index (χ3n) is 7.66. The van der Waals surface area contributed by atoms with Gasteiger partial charge in [-0.25, -0.2) is 4.90 Å². The number of hydrogen-bond donors (Lipinski definition) is 0. The first-order valence-electron chi connectivity index (χ1n) is 10.8. The Bertz CT molecular complexity index is 1330. The Balaban J connectivity index is 1.57. The number of non-ortho nitro benzene ring substituents is 1. The molecule has 3 aromatic carbocycles. The zero-order chi connectivity index (χ0) is 23.1. The molecule has 0 unspecified atom stereocenters. The third-order valence-corrected chi connectivity index (χ3v) is 7.66. The molecule has 0 spiro atoms. The highest BCUT2D eigenvalue weighted by Gasteiger charge is 2.66. The van der Waals surface area contributed by atoms with Gasteiger partial charge in [-0.3, -0.25) is 19.7 Å². The first-order chi connectivity index (χ1) is 15.9. The SMILES string of the molecule is COc1cc([N+](=O)[O-])ccc1N1C(=O)[C@H]2C3c4ccccc4C(C)(c4ccccc43)[C@H]2C1=O. The third kappa shape index (κ3) is 2.29. The van der Waals surface area contributed by atoms with E-state index in [1.54, 1.807) is 0 Å². The zero-order valence-electron chi connectivity index (χ0n) is 18.0. The summed E-state index contributed by atoms with van der Waals surface area (Å²) in [5.41, 5.74) is 3.73. The number of methoxy groups -OCH3 is 1. The van der Waals surface area contributed by atoms with Crippen LogP contribution in [0.1, 0.15) is 35.1 Å². The van der Waals surface area contributed by atoms with Crippen LogP contribution in [0.2, 0.25) is 0 Å². The average Bonchev–Trinajstić information content (AvgIpc) is 3.10. The van der Waals surface area contributed by atoms with Gasteiger partial charge in [-0.2, -0.15) is 0 Å². The van der Waals surface area contributed by atoms with Crippen LogP contribution in [0.5, 0.6) is 5.75 Å². The van der Waals surface area contributed by atoms with Gasteiger partial charge in [0.1, 0.15) is 5.75 Å². The Labute approximate surface area is 189 Å². The molecule has 0 N–H and O–H groups in total. The Kier molecular flexibility index (Phi) is 3.88. The molecular formula is C26H20N2O5. The van der Waals surface area contributed by atoms with Crippen molar-refractivity contribution in [1.29, 1.82) is 0 Å². The predicted molar refractivity (Wildman–Crippen MR) is 120 cm³/mol. The van der Waals surface area contributed by atoms with E-state index >= 15 is 0 Å². The number of carbonyl (C=O) groups excluding carboxylic acids is 2. The maximum atomic E-state index is 14.0. The zero-order valence-corrected chi connectivity index (χ0v) is 18.0. The fraction of sp³-hybridized carbons (Fsp3) is 0.231. The van der Waals surface area contributed by atoms with Crippen molar-refractivity contribution in [2.75, 3.05) is 12.0 Å². The number of nitro groups is 1. The van der Waals surface area contributed by atoms with E-state index in [4.69, 9.17) is 4.74 Å². The van der Waals surface area contributed by atoms with Crippen LogP contribution in [-0.4, -0.2) is 23.8 Å². The normalized spacial score (nSPS) is 26.6. The molecule has 2 amide bonds. The van der Waals surface area contributed by atoms with Gasteiger partial charge in [-0.05, 0) is 28.3 Å². The summed E-state index contributed by atoms with van der Waals surface area (Å²) >= 11 is 0. The van der Waals surface area contributed by atoms with Crippen molar-refractivity contribution in [3.63, 3.8) is 0 Å². The molecule has 1 fully saturated rings. The minimum Gasteiger partial charge on any atom is -0.494 e. The number of nitrogens with zero attached hydrogens (tertiary/aromatic N) is 2. The number of imide groups is 1. The van der Waals surface area contributed by atoms with E-state index in [9.17, 15) is 19.7 Å². The van der Waals surface area contributed by atoms with Gasteiger partial charge in [0.2, 0.25) is 11.8 Å². The summed E-state index contributed by atoms with van der Waals surface area (Å²) in [4.78, 5) is 39.7. The van der Waals surface area contributed by atoms with Gasteiger partial charge < -0.3 is 4.74 Å². The number of carbonyl (C=O) groups is 2. The van der Waals surface area contributed by atoms with Gasteiger partial charge in [0.25, 0.3) is 5.69 Å². The highest BCUT2D eigenvalue weighted by Crippen LogP contribution is 2.64. The predicted octanol–water partition coefficient (Wildman–Crippen LogP) is 4.17. The lowest BCUT2D eigenvalue weighted by molar-refractivity contribution is -0.384. The quantitative estimate of drug-likeness (QED) is 0.346. The molecule has 1 heterocycles. The Morgan fingerprint density at radius 2 is 1.55 bits per heavy atom. The van der Waals surface area contributed by atoms with Crippen LogP contribution < -0.4 is 9.64 Å². The second kappa shape index (κ2) is 6.51. The van der Waals surface area contributed by atoms with Crippen molar-refractivity contribution < 1.29 is 19.2 Å². The molecule has 2 atom stereocenters. The summed E-state index contributed by atoms with van der Waals surface area (Å²) < 4.78 is 5.37. The van der Waals surface area contributed by atoms with E-state index in [0.29, 0.717) is 0 Å². The number of rotatable bonds is 3. The molecule has 164 valence electrons. The van der Waals surface area contributed by atoms with Crippen LogP contribution >= 0.6 is 0 Å². The van der Waals surface area contributed by atoms with E-state index in [2.05, 4.69) is 31.2 Å². The van der Waals surface area contributed by atoms with Crippen molar-refractivity contribution in [1.82, 2.24) is 0 Å². The van der Waals surface area contributed by atoms with Gasteiger partial charge in [0.05, 0.1) is 35.6 Å². The molecule has 33 heavy (non-hydrogen) atoms. The second-order valence-electron chi connectivity index (χ2n) is 8.98. The fourth-order valence-electron chi connectivity index (χ4n) is 6.35. The van der Waals surface area contributed by atoms with E-state index < -0.39 is 22.2 Å². The highest BCUT2D eigenvalue weighted by atomic mass is 16.6. The molecular weight excluding hydrogens is 420 g/mol. The number of hydrogen-bond acceptors (Lipinski definition) is 5. The molecule has 7 rings (SSSR count). The number of amides is 2. The first kappa shape index (κ1) is 19.7. The van der Waals surface area contributed by atoms with E-state index in [1.807, 2.05) is 24.3 Å². The minimum atomic E-state index is -0.665. The molecule has 0 saturated carbocycles. The molecule has 0 radical (unpaired) electrons. The standard InChI is InChI=1S/C26H20N2O5/c1-26-17-9-5-3-7-15(17)21(16-8-4-6-10-18(16)26)22-23(26)25(30)27(24(22)29)19-12-11-14(28(31)32)13-20(19)33-2/h3-13,21-23H,1-2H3/t21?,22-,23+,26?/m0/s1. The van der Waals surface area contributed by atoms with Gasteiger partial charge in [-0.15, -0.1) is 0 Å². The molecule has 7 heteroatoms. The maximum absolute atomic E-state index is 14.0. The van der Waals surface area contributed by atoms with Crippen molar-refractivity contribution in [2.24, 2.45) is 11.8 Å². The van der Waals surface area contributed by atoms with Crippen molar-refractivity contribution >= 4 is 23.2 Å². The summed E-state index contributed by atoms with van der Waals surface area (Å²) in [5.74, 6) is -1.82. The van der Waals surface area contributed by atoms with Crippen molar-refractivity contribution in [3.8, 4) is 5.75 Å². The van der Waals surface area contributed by atoms with Crippen LogP contribution in [0.15, 0.2) is 66.7 Å². The molecule has 2 bridgehead atoms. The average molecular weight is 440 g/mol. The topological polar surface area (TPSA) is 89.8 Å². The summed E-state index contributed by atoms with van der Waals surface area (Å²) in [6.07, 6.45) is 0. The monoisotopic (exact) mass is 440 g/mol. The molecule has 1 aliphatic heterocycles. The lowest BCUT2D eigenvalue weighted by atomic mass is 9.48. The number of benzene rings is 3. The lowest BCUT2D eigenvalue weighted by Gasteiger charge is -2.52. The number of anilines is 1. The number of nitro benzene ring substituents is 1. The van der Waals surface area contributed by atoms with Gasteiger partial charge in [0, 0.05) is 17.4 Å². The maximum Gasteiger partial charge on any atom is 0.273 e. The molecule has 1 saturated heterocycles. The summed E-state index contributed by atoms with van der Waals surface area (Å²) in [6, 6.07) is 20.1. The molecule has 0 aromatic heterocycles. The van der Waals surface area contributed by atoms with Gasteiger partial charge >= 0.3 is 0 Å². The summed E-state index contributed by atoms with van der Waals surface area (Å²) in [5, 5.41) is 11.2. The van der Waals surface area contributed by atoms with Gasteiger partial charge in [-0.1, -0.05) is 55.5 Å². The Morgan fingerprint density at radius 1 is 0.939 bits per heavy atom. The Morgan fingerprint density at radius 3 is 2.12 bits per heavy atom. The van der Waals surface area contributed by atoms with Crippen LogP contribution in [0.3, 0.4) is 0 Å². The molecule has 7 nitrogen and oxygen atoms in total. The van der Waals surface area contributed by atoms with E-state index in [-0.39, 0.29) is 34.9 Å². The molecule has 4 aliphatic rings. The summed E-state index contributed by atoms with van der Waals surface area (Å²) in [7, 11) is 1.37. The van der Waals surface area contributed by atoms with E-state index in [1.165, 1.54) is 30.2 Å². The van der Waals surface area contributed by atoms with Crippen LogP contribution in [-0.2, 0) is 15.0 Å². The smallest absolute Gasteiger partial charge is 0.273 e. The second-order valence-corrected chi connectivity index (χ2v) is 8.98. The Hall–Kier alpha value is -4.00. The lowest BCUT2D eigenvalue weighted by Crippen LogP contribution is -2.51. The fourth-order valence-corrected chi connectivity index (χ4v) is 6.35. The van der Waals surface area contributed by atoms with Gasteiger partial charge in [0.15, 0.2) is 0 Å². The molecule has 3 aromatic rings. The van der Waals surface area contributed by atoms with Crippen LogP contribution in [0.25, 0.3) is 0 Å². The minimum absolute atomic E-state index is 0.122. The largest absolute Gasteiger partial charge is 0.494 e. The van der Waals surface area contributed by atoms with Crippen molar-refractivity contribution in [3.05, 3.63) is 99.1 Å². The number of ether oxygens (including phenoxy) is 1. The highest BCUT2D eigenvalue weighted by molar-refractivity contribution is 6.24. The first-order valence-corrected chi connectivity index (χ1v) is 10.8. The summed E-state index contributed by atoms with van der Waals surface area (Å²) in [6.45, 7) is 2.06. The van der Waals surface area contributed by atoms with Crippen LogP contribution in [0, 0.1) is 22.0 Å². The van der Waals surface area contributed by atoms with Crippen LogP contribution in [0.4, 0.5) is 11.4 Å².